The van der Waals surface area contributed by atoms with Gasteiger partial charge in [-0.05, 0) is 24.1 Å². The van der Waals surface area contributed by atoms with Crippen LogP contribution in [0.3, 0.4) is 0 Å². The Morgan fingerprint density at radius 3 is 2.72 bits per heavy atom. The van der Waals surface area contributed by atoms with E-state index in [1.165, 1.54) is 11.9 Å². The quantitative estimate of drug-likeness (QED) is 0.872. The molecule has 0 radical (unpaired) electrons. The molecule has 0 aliphatic heterocycles. The molecule has 0 saturated carbocycles. The molecule has 1 unspecified atom stereocenters. The third-order valence-corrected chi connectivity index (χ3v) is 3.07. The second kappa shape index (κ2) is 6.52. The molecule has 1 heterocycles. The molecule has 5 heteroatoms. The fraction of sp³-hybridized carbons (Fsp3) is 0.385. The summed E-state index contributed by atoms with van der Waals surface area (Å²) in [5.41, 5.74) is 1.24. The maximum absolute atomic E-state index is 5.88. The Bertz CT molecular complexity index is 456. The highest BCUT2D eigenvalue weighted by Crippen LogP contribution is 2.18. The first-order chi connectivity index (χ1) is 8.79. The molecule has 1 aromatic heterocycles. The summed E-state index contributed by atoms with van der Waals surface area (Å²) in [5.74, 6) is 0.661. The number of aromatic nitrogens is 2. The minimum Gasteiger partial charge on any atom is -0.340 e. The molecule has 0 aliphatic rings. The molecule has 1 aromatic carbocycles. The Hall–Kier alpha value is -1.39. The van der Waals surface area contributed by atoms with Crippen molar-refractivity contribution in [3.63, 3.8) is 0 Å². The Balaban J connectivity index is 1.87. The summed E-state index contributed by atoms with van der Waals surface area (Å²) < 4.78 is 4.95. The number of rotatable bonds is 6. The molecule has 4 nitrogen and oxygen atoms in total. The molecule has 1 atom stereocenters. The van der Waals surface area contributed by atoms with E-state index in [9.17, 15) is 0 Å². The monoisotopic (exact) mass is 265 g/mol. The lowest BCUT2D eigenvalue weighted by atomic mass is 10.0. The largest absolute Gasteiger partial charge is 0.340 e. The van der Waals surface area contributed by atoms with Crippen LogP contribution in [-0.4, -0.2) is 16.7 Å². The van der Waals surface area contributed by atoms with Gasteiger partial charge in [0.05, 0.1) is 0 Å². The number of nitrogens with one attached hydrogen (secondary N) is 1. The normalized spacial score (nSPS) is 12.6. The third-order valence-electron chi connectivity index (χ3n) is 2.82. The average Bonchev–Trinajstić information content (AvgIpc) is 2.89. The fourth-order valence-electron chi connectivity index (χ4n) is 1.85. The zero-order valence-corrected chi connectivity index (χ0v) is 11.0. The summed E-state index contributed by atoms with van der Waals surface area (Å²) in [7, 11) is 0. The van der Waals surface area contributed by atoms with Crippen LogP contribution in [-0.2, 0) is 6.42 Å². The van der Waals surface area contributed by atoms with Crippen LogP contribution >= 0.6 is 11.6 Å². The molecule has 2 rings (SSSR count). The number of hydrogen-bond acceptors (Lipinski definition) is 4. The Kier molecular flexibility index (Phi) is 4.73. The van der Waals surface area contributed by atoms with Crippen LogP contribution in [0.5, 0.6) is 0 Å². The lowest BCUT2D eigenvalue weighted by Gasteiger charge is -2.16. The number of halogens is 1. The van der Waals surface area contributed by atoms with E-state index in [4.69, 9.17) is 16.1 Å². The van der Waals surface area contributed by atoms with Gasteiger partial charge in [-0.1, -0.05) is 35.8 Å². The molecular formula is C13H16ClN3O. The van der Waals surface area contributed by atoms with Crippen molar-refractivity contribution in [2.75, 3.05) is 6.54 Å². The summed E-state index contributed by atoms with van der Waals surface area (Å²) in [6, 6.07) is 8.26. The van der Waals surface area contributed by atoms with Crippen LogP contribution in [0.4, 0.5) is 0 Å². The predicted octanol–water partition coefficient (Wildman–Crippen LogP) is 3.01. The maximum atomic E-state index is 5.88. The van der Waals surface area contributed by atoms with Crippen LogP contribution in [0.1, 0.15) is 30.8 Å². The zero-order chi connectivity index (χ0) is 12.8. The topological polar surface area (TPSA) is 51.0 Å². The SMILES string of the molecule is CCC(NCCc1ncno1)c1ccc(Cl)cc1. The smallest absolute Gasteiger partial charge is 0.227 e. The van der Waals surface area contributed by atoms with Crippen molar-refractivity contribution in [3.8, 4) is 0 Å². The van der Waals surface area contributed by atoms with Crippen molar-refractivity contribution in [1.82, 2.24) is 15.5 Å². The highest BCUT2D eigenvalue weighted by atomic mass is 35.5. The van der Waals surface area contributed by atoms with Crippen LogP contribution < -0.4 is 5.32 Å². The van der Waals surface area contributed by atoms with Crippen molar-refractivity contribution in [3.05, 3.63) is 47.1 Å². The first-order valence-corrected chi connectivity index (χ1v) is 6.41. The van der Waals surface area contributed by atoms with Gasteiger partial charge in [0.15, 0.2) is 6.33 Å². The molecule has 1 N–H and O–H groups in total. The first kappa shape index (κ1) is 13.1. The van der Waals surface area contributed by atoms with Crippen molar-refractivity contribution < 1.29 is 4.52 Å². The Morgan fingerprint density at radius 1 is 1.33 bits per heavy atom. The summed E-state index contributed by atoms with van der Waals surface area (Å²) in [4.78, 5) is 3.99. The van der Waals surface area contributed by atoms with Gasteiger partial charge in [0.2, 0.25) is 5.89 Å². The minimum atomic E-state index is 0.324. The number of nitrogens with zero attached hydrogens (tertiary/aromatic N) is 2. The van der Waals surface area contributed by atoms with Gasteiger partial charge in [-0.25, -0.2) is 0 Å². The molecule has 0 fully saturated rings. The van der Waals surface area contributed by atoms with Crippen molar-refractivity contribution in [2.24, 2.45) is 0 Å². The molecule has 2 aromatic rings. The second-order valence-electron chi connectivity index (χ2n) is 4.05. The molecule has 96 valence electrons. The lowest BCUT2D eigenvalue weighted by Crippen LogP contribution is -2.23. The predicted molar refractivity (Wildman–Crippen MR) is 70.5 cm³/mol. The lowest BCUT2D eigenvalue weighted by molar-refractivity contribution is 0.371. The van der Waals surface area contributed by atoms with Crippen LogP contribution in [0.25, 0.3) is 0 Å². The Morgan fingerprint density at radius 2 is 2.11 bits per heavy atom. The van der Waals surface area contributed by atoms with E-state index in [0.717, 1.165) is 24.4 Å². The van der Waals surface area contributed by atoms with Gasteiger partial charge in [0, 0.05) is 24.0 Å². The fourth-order valence-corrected chi connectivity index (χ4v) is 1.98. The van der Waals surface area contributed by atoms with Crippen molar-refractivity contribution in [1.29, 1.82) is 0 Å². The average molecular weight is 266 g/mol. The molecular weight excluding hydrogens is 250 g/mol. The standard InChI is InChI=1S/C13H16ClN3O/c1-2-12(10-3-5-11(14)6-4-10)15-8-7-13-16-9-17-18-13/h3-6,9,12,15H,2,7-8H2,1H3. The highest BCUT2D eigenvalue weighted by molar-refractivity contribution is 6.30. The van der Waals surface area contributed by atoms with Gasteiger partial charge in [-0.15, -0.1) is 0 Å². The molecule has 0 saturated heterocycles. The van der Waals surface area contributed by atoms with E-state index in [0.29, 0.717) is 11.9 Å². The van der Waals surface area contributed by atoms with Crippen LogP contribution in [0, 0.1) is 0 Å². The van der Waals surface area contributed by atoms with E-state index < -0.39 is 0 Å². The third kappa shape index (κ3) is 3.55. The van der Waals surface area contributed by atoms with Gasteiger partial charge in [-0.2, -0.15) is 4.98 Å². The number of hydrogen-bond donors (Lipinski definition) is 1. The van der Waals surface area contributed by atoms with E-state index in [1.807, 2.05) is 12.1 Å². The van der Waals surface area contributed by atoms with Gasteiger partial charge in [-0.3, -0.25) is 0 Å². The van der Waals surface area contributed by atoms with E-state index in [1.54, 1.807) is 0 Å². The Labute approximate surface area is 111 Å². The van der Waals surface area contributed by atoms with E-state index >= 15 is 0 Å². The number of benzene rings is 1. The van der Waals surface area contributed by atoms with Gasteiger partial charge >= 0.3 is 0 Å². The van der Waals surface area contributed by atoms with E-state index in [-0.39, 0.29) is 0 Å². The first-order valence-electron chi connectivity index (χ1n) is 6.04. The van der Waals surface area contributed by atoms with Gasteiger partial charge in [0.1, 0.15) is 0 Å². The molecule has 0 spiro atoms. The van der Waals surface area contributed by atoms with Crippen LogP contribution in [0.15, 0.2) is 35.1 Å². The van der Waals surface area contributed by atoms with Gasteiger partial charge in [0.25, 0.3) is 0 Å². The van der Waals surface area contributed by atoms with Crippen molar-refractivity contribution in [2.45, 2.75) is 25.8 Å². The van der Waals surface area contributed by atoms with Crippen LogP contribution in [0.2, 0.25) is 5.02 Å². The summed E-state index contributed by atoms with van der Waals surface area (Å²) in [6.07, 6.45) is 3.18. The summed E-state index contributed by atoms with van der Waals surface area (Å²) >= 11 is 5.88. The highest BCUT2D eigenvalue weighted by Gasteiger charge is 2.08. The molecule has 18 heavy (non-hydrogen) atoms. The maximum Gasteiger partial charge on any atom is 0.227 e. The summed E-state index contributed by atoms with van der Waals surface area (Å²) in [5, 5.41) is 7.82. The van der Waals surface area contributed by atoms with Crippen molar-refractivity contribution >= 4 is 11.6 Å². The second-order valence-corrected chi connectivity index (χ2v) is 4.49. The minimum absolute atomic E-state index is 0.324. The van der Waals surface area contributed by atoms with Gasteiger partial charge < -0.3 is 9.84 Å². The summed E-state index contributed by atoms with van der Waals surface area (Å²) in [6.45, 7) is 2.96. The molecule has 0 aliphatic carbocycles. The van der Waals surface area contributed by atoms with E-state index in [2.05, 4.69) is 34.5 Å². The molecule has 0 amide bonds. The zero-order valence-electron chi connectivity index (χ0n) is 10.3. The molecule has 0 bridgehead atoms.